The van der Waals surface area contributed by atoms with E-state index in [2.05, 4.69) is 17.6 Å². The number of sulfonamides is 1. The largest absolute Gasteiger partial charge is 0.332 e. The summed E-state index contributed by atoms with van der Waals surface area (Å²) in [7, 11) is -3.46. The number of anilines is 1. The summed E-state index contributed by atoms with van der Waals surface area (Å²) in [6.07, 6.45) is 1.78. The maximum absolute atomic E-state index is 12.7. The van der Waals surface area contributed by atoms with Crippen LogP contribution in [-0.2, 0) is 14.8 Å². The molecule has 2 N–H and O–H groups in total. The highest BCUT2D eigenvalue weighted by Crippen LogP contribution is 2.24. The molecule has 0 aromatic heterocycles. The number of carbonyl (C=O) groups excluding carboxylic acids is 1. The number of nitrogens with one attached hydrogen (secondary N) is 2. The molecule has 0 bridgehead atoms. The molecule has 1 amide bonds. The molecule has 1 aromatic rings. The van der Waals surface area contributed by atoms with E-state index in [1.54, 1.807) is 42.4 Å². The van der Waals surface area contributed by atoms with Crippen LogP contribution in [0.25, 0.3) is 0 Å². The molecule has 8 heteroatoms. The second-order valence-electron chi connectivity index (χ2n) is 6.71. The summed E-state index contributed by atoms with van der Waals surface area (Å²) in [6, 6.07) is 6.41. The SMILES string of the molecule is CC1CCN(S(=O)(=O)c2ccc(NC(=S)NC(=O)C(C)C)cc2)CC1. The van der Waals surface area contributed by atoms with Gasteiger partial charge in [-0.25, -0.2) is 8.42 Å². The van der Waals surface area contributed by atoms with Gasteiger partial charge in [-0.05, 0) is 55.2 Å². The van der Waals surface area contributed by atoms with Crippen molar-refractivity contribution in [2.24, 2.45) is 11.8 Å². The van der Waals surface area contributed by atoms with Gasteiger partial charge in [0.1, 0.15) is 0 Å². The van der Waals surface area contributed by atoms with Crippen LogP contribution in [0.3, 0.4) is 0 Å². The van der Waals surface area contributed by atoms with Crippen molar-refractivity contribution in [1.29, 1.82) is 0 Å². The number of benzene rings is 1. The highest BCUT2D eigenvalue weighted by Gasteiger charge is 2.27. The van der Waals surface area contributed by atoms with E-state index in [9.17, 15) is 13.2 Å². The van der Waals surface area contributed by atoms with Gasteiger partial charge in [0, 0.05) is 24.7 Å². The van der Waals surface area contributed by atoms with Gasteiger partial charge < -0.3 is 10.6 Å². The summed E-state index contributed by atoms with van der Waals surface area (Å²) in [4.78, 5) is 11.9. The van der Waals surface area contributed by atoms with Gasteiger partial charge in [-0.1, -0.05) is 20.8 Å². The Hall–Kier alpha value is -1.51. The number of rotatable bonds is 4. The van der Waals surface area contributed by atoms with Crippen LogP contribution in [0.5, 0.6) is 0 Å². The fourth-order valence-electron chi connectivity index (χ4n) is 2.50. The Morgan fingerprint density at radius 3 is 2.28 bits per heavy atom. The summed E-state index contributed by atoms with van der Waals surface area (Å²) in [5.41, 5.74) is 0.625. The van der Waals surface area contributed by atoms with Crippen molar-refractivity contribution < 1.29 is 13.2 Å². The van der Waals surface area contributed by atoms with E-state index in [0.29, 0.717) is 24.7 Å². The normalized spacial score (nSPS) is 16.6. The number of carbonyl (C=O) groups is 1. The predicted octanol–water partition coefficient (Wildman–Crippen LogP) is 2.58. The molecule has 1 aliphatic rings. The van der Waals surface area contributed by atoms with Gasteiger partial charge in [0.25, 0.3) is 0 Å². The molecule has 0 aliphatic carbocycles. The monoisotopic (exact) mass is 383 g/mol. The standard InChI is InChI=1S/C17H25N3O3S2/c1-12(2)16(21)19-17(24)18-14-4-6-15(7-5-14)25(22,23)20-10-8-13(3)9-11-20/h4-7,12-13H,8-11H2,1-3H3,(H2,18,19,21,24). The molecule has 0 unspecified atom stereocenters. The molecule has 1 heterocycles. The average Bonchev–Trinajstić information content (AvgIpc) is 2.55. The number of hydrogen-bond donors (Lipinski definition) is 2. The molecule has 1 fully saturated rings. The minimum Gasteiger partial charge on any atom is -0.332 e. The average molecular weight is 384 g/mol. The fraction of sp³-hybridized carbons (Fsp3) is 0.529. The van der Waals surface area contributed by atoms with Crippen LogP contribution >= 0.6 is 12.2 Å². The van der Waals surface area contributed by atoms with Crippen LogP contribution in [-0.4, -0.2) is 36.8 Å². The lowest BCUT2D eigenvalue weighted by Gasteiger charge is -2.29. The molecular weight excluding hydrogens is 358 g/mol. The molecule has 2 rings (SSSR count). The first-order chi connectivity index (χ1) is 11.7. The summed E-state index contributed by atoms with van der Waals surface area (Å²) in [5.74, 6) is 0.232. The minimum atomic E-state index is -3.46. The Morgan fingerprint density at radius 1 is 1.20 bits per heavy atom. The van der Waals surface area contributed by atoms with Gasteiger partial charge in [0.15, 0.2) is 5.11 Å². The molecule has 1 aromatic carbocycles. The highest BCUT2D eigenvalue weighted by atomic mass is 32.2. The first-order valence-electron chi connectivity index (χ1n) is 8.42. The second-order valence-corrected chi connectivity index (χ2v) is 9.06. The zero-order valence-electron chi connectivity index (χ0n) is 14.8. The first-order valence-corrected chi connectivity index (χ1v) is 10.3. The second kappa shape index (κ2) is 8.25. The van der Waals surface area contributed by atoms with Crippen LogP contribution in [0.15, 0.2) is 29.2 Å². The van der Waals surface area contributed by atoms with E-state index in [1.165, 1.54) is 0 Å². The third-order valence-electron chi connectivity index (χ3n) is 4.25. The first kappa shape index (κ1) is 19.8. The molecule has 0 spiro atoms. The topological polar surface area (TPSA) is 78.5 Å². The minimum absolute atomic E-state index is 0.167. The zero-order valence-corrected chi connectivity index (χ0v) is 16.4. The molecule has 138 valence electrons. The lowest BCUT2D eigenvalue weighted by Crippen LogP contribution is -2.38. The van der Waals surface area contributed by atoms with Gasteiger partial charge in [-0.2, -0.15) is 4.31 Å². The number of piperidine rings is 1. The van der Waals surface area contributed by atoms with Gasteiger partial charge >= 0.3 is 0 Å². The third-order valence-corrected chi connectivity index (χ3v) is 6.37. The van der Waals surface area contributed by atoms with Gasteiger partial charge in [-0.3, -0.25) is 4.79 Å². The molecular formula is C17H25N3O3S2. The highest BCUT2D eigenvalue weighted by molar-refractivity contribution is 7.89. The Morgan fingerprint density at radius 2 is 1.76 bits per heavy atom. The Bertz CT molecular complexity index is 722. The Balaban J connectivity index is 2.01. The maximum Gasteiger partial charge on any atom is 0.243 e. The number of hydrogen-bond acceptors (Lipinski definition) is 4. The maximum atomic E-state index is 12.7. The number of amides is 1. The van der Waals surface area contributed by atoms with E-state index in [0.717, 1.165) is 12.8 Å². The van der Waals surface area contributed by atoms with Gasteiger partial charge in [-0.15, -0.1) is 0 Å². The summed E-state index contributed by atoms with van der Waals surface area (Å²) in [5, 5.41) is 5.66. The van der Waals surface area contributed by atoms with Crippen molar-refractivity contribution in [3.05, 3.63) is 24.3 Å². The smallest absolute Gasteiger partial charge is 0.243 e. The molecule has 1 aliphatic heterocycles. The lowest BCUT2D eigenvalue weighted by molar-refractivity contribution is -0.122. The Labute approximate surface area is 155 Å². The van der Waals surface area contributed by atoms with Gasteiger partial charge in [0.05, 0.1) is 4.90 Å². The van der Waals surface area contributed by atoms with Crippen LogP contribution in [0, 0.1) is 11.8 Å². The van der Waals surface area contributed by atoms with E-state index >= 15 is 0 Å². The zero-order chi connectivity index (χ0) is 18.6. The molecule has 25 heavy (non-hydrogen) atoms. The van der Waals surface area contributed by atoms with Crippen molar-refractivity contribution in [3.8, 4) is 0 Å². The summed E-state index contributed by atoms with van der Waals surface area (Å²) >= 11 is 5.08. The van der Waals surface area contributed by atoms with Crippen LogP contribution in [0.4, 0.5) is 5.69 Å². The number of thiocarbonyl (C=S) groups is 1. The van der Waals surface area contributed by atoms with Gasteiger partial charge in [0.2, 0.25) is 15.9 Å². The third kappa shape index (κ3) is 5.23. The van der Waals surface area contributed by atoms with E-state index in [-0.39, 0.29) is 21.8 Å². The van der Waals surface area contributed by atoms with Crippen LogP contribution in [0.2, 0.25) is 0 Å². The van der Waals surface area contributed by atoms with E-state index in [1.807, 2.05) is 0 Å². The number of nitrogens with zero attached hydrogens (tertiary/aromatic N) is 1. The Kier molecular flexibility index (Phi) is 6.53. The van der Waals surface area contributed by atoms with Crippen LogP contribution in [0.1, 0.15) is 33.6 Å². The lowest BCUT2D eigenvalue weighted by atomic mass is 10.0. The molecule has 6 nitrogen and oxygen atoms in total. The molecule has 1 saturated heterocycles. The quantitative estimate of drug-likeness (QED) is 0.782. The van der Waals surface area contributed by atoms with Crippen LogP contribution < -0.4 is 10.6 Å². The summed E-state index contributed by atoms with van der Waals surface area (Å²) in [6.45, 7) is 6.83. The van der Waals surface area contributed by atoms with E-state index in [4.69, 9.17) is 12.2 Å². The van der Waals surface area contributed by atoms with Crippen molar-refractivity contribution in [2.75, 3.05) is 18.4 Å². The fourth-order valence-corrected chi connectivity index (χ4v) is 4.19. The summed E-state index contributed by atoms with van der Waals surface area (Å²) < 4.78 is 26.9. The predicted molar refractivity (Wildman–Crippen MR) is 103 cm³/mol. The molecule has 0 saturated carbocycles. The van der Waals surface area contributed by atoms with Crippen molar-refractivity contribution >= 4 is 38.9 Å². The van der Waals surface area contributed by atoms with Crippen molar-refractivity contribution in [3.63, 3.8) is 0 Å². The molecule has 0 radical (unpaired) electrons. The van der Waals surface area contributed by atoms with Crippen molar-refractivity contribution in [1.82, 2.24) is 9.62 Å². The molecule has 0 atom stereocenters. The van der Waals surface area contributed by atoms with E-state index < -0.39 is 10.0 Å². The van der Waals surface area contributed by atoms with Crippen molar-refractivity contribution in [2.45, 2.75) is 38.5 Å².